The van der Waals surface area contributed by atoms with Gasteiger partial charge >= 0.3 is 0 Å². The molecular weight excluding hydrogens is 422 g/mol. The summed E-state index contributed by atoms with van der Waals surface area (Å²) in [7, 11) is 0. The molecule has 1 nitrogen and oxygen atoms in total. The SMILES string of the molecule is CCCCCCCCN(CCCCCCCCCCC(C)C)CCCCCCCCCCC(C)C. The van der Waals surface area contributed by atoms with Gasteiger partial charge in [0.1, 0.15) is 0 Å². The zero-order valence-corrected chi connectivity index (χ0v) is 25.7. The van der Waals surface area contributed by atoms with Crippen LogP contribution in [0.25, 0.3) is 0 Å². The second kappa shape index (κ2) is 28.5. The first kappa shape index (κ1) is 35.0. The van der Waals surface area contributed by atoms with Crippen LogP contribution in [0.5, 0.6) is 0 Å². The molecule has 35 heavy (non-hydrogen) atoms. The molecule has 0 fully saturated rings. The Labute approximate surface area is 225 Å². The lowest BCUT2D eigenvalue weighted by Crippen LogP contribution is -2.27. The van der Waals surface area contributed by atoms with Gasteiger partial charge in [-0.05, 0) is 50.7 Å². The van der Waals surface area contributed by atoms with Crippen LogP contribution < -0.4 is 0 Å². The van der Waals surface area contributed by atoms with Gasteiger partial charge < -0.3 is 4.90 Å². The van der Waals surface area contributed by atoms with Gasteiger partial charge in [0.15, 0.2) is 0 Å². The highest BCUT2D eigenvalue weighted by Crippen LogP contribution is 2.15. The molecule has 0 heterocycles. The van der Waals surface area contributed by atoms with Crippen LogP contribution in [-0.4, -0.2) is 24.5 Å². The lowest BCUT2D eigenvalue weighted by molar-refractivity contribution is 0.254. The standard InChI is InChI=1S/C34H71N/c1-6-7-8-9-20-25-30-35(31-26-21-16-12-10-14-18-23-28-33(2)3)32-27-22-17-13-11-15-19-24-29-34(4)5/h33-34H,6-32H2,1-5H3. The molecule has 0 radical (unpaired) electrons. The highest BCUT2D eigenvalue weighted by atomic mass is 15.1. The van der Waals surface area contributed by atoms with Crippen LogP contribution in [0.15, 0.2) is 0 Å². The van der Waals surface area contributed by atoms with E-state index >= 15 is 0 Å². The predicted octanol–water partition coefficient (Wildman–Crippen LogP) is 12.0. The van der Waals surface area contributed by atoms with Crippen LogP contribution in [0.3, 0.4) is 0 Å². The molecule has 1 heteroatoms. The minimum atomic E-state index is 0.888. The molecule has 0 saturated carbocycles. The lowest BCUT2D eigenvalue weighted by atomic mass is 10.0. The molecule has 0 N–H and O–H groups in total. The van der Waals surface area contributed by atoms with Gasteiger partial charge in [0.25, 0.3) is 0 Å². The third-order valence-electron chi connectivity index (χ3n) is 7.84. The Morgan fingerprint density at radius 1 is 0.343 bits per heavy atom. The molecular formula is C34H71N. The first-order chi connectivity index (χ1) is 17.1. The largest absolute Gasteiger partial charge is 0.303 e. The molecule has 0 aromatic rings. The van der Waals surface area contributed by atoms with Crippen LogP contribution in [0.1, 0.15) is 189 Å². The molecule has 0 aliphatic carbocycles. The van der Waals surface area contributed by atoms with E-state index in [1.54, 1.807) is 0 Å². The van der Waals surface area contributed by atoms with Gasteiger partial charge in [0.05, 0.1) is 0 Å². The fourth-order valence-corrected chi connectivity index (χ4v) is 5.35. The van der Waals surface area contributed by atoms with Crippen LogP contribution >= 0.6 is 0 Å². The van der Waals surface area contributed by atoms with Gasteiger partial charge in [-0.15, -0.1) is 0 Å². The van der Waals surface area contributed by atoms with Crippen LogP contribution in [0, 0.1) is 11.8 Å². The highest BCUT2D eigenvalue weighted by Gasteiger charge is 2.05. The summed E-state index contributed by atoms with van der Waals surface area (Å²) in [6.45, 7) is 15.8. The molecule has 0 spiro atoms. The number of hydrogen-bond acceptors (Lipinski definition) is 1. The van der Waals surface area contributed by atoms with E-state index in [2.05, 4.69) is 39.5 Å². The quantitative estimate of drug-likeness (QED) is 0.0936. The van der Waals surface area contributed by atoms with E-state index in [1.165, 1.54) is 174 Å². The van der Waals surface area contributed by atoms with Crippen molar-refractivity contribution in [1.29, 1.82) is 0 Å². The van der Waals surface area contributed by atoms with E-state index in [9.17, 15) is 0 Å². The number of nitrogens with zero attached hydrogens (tertiary/aromatic N) is 1. The zero-order valence-electron chi connectivity index (χ0n) is 25.7. The number of unbranched alkanes of at least 4 members (excludes halogenated alkanes) is 19. The van der Waals surface area contributed by atoms with Crippen LogP contribution in [-0.2, 0) is 0 Å². The molecule has 0 aliphatic heterocycles. The smallest absolute Gasteiger partial charge is 0.00187 e. The Kier molecular flexibility index (Phi) is 28.5. The van der Waals surface area contributed by atoms with Gasteiger partial charge in [-0.3, -0.25) is 0 Å². The van der Waals surface area contributed by atoms with E-state index in [4.69, 9.17) is 0 Å². The summed E-state index contributed by atoms with van der Waals surface area (Å²) in [6, 6.07) is 0. The maximum atomic E-state index is 2.83. The van der Waals surface area contributed by atoms with E-state index in [1.807, 2.05) is 0 Å². The van der Waals surface area contributed by atoms with Crippen molar-refractivity contribution in [3.63, 3.8) is 0 Å². The molecule has 0 bridgehead atoms. The first-order valence-corrected chi connectivity index (χ1v) is 16.8. The van der Waals surface area contributed by atoms with Crippen molar-refractivity contribution in [2.75, 3.05) is 19.6 Å². The molecule has 0 saturated heterocycles. The van der Waals surface area contributed by atoms with Gasteiger partial charge in [-0.1, -0.05) is 169 Å². The topological polar surface area (TPSA) is 3.24 Å². The Bertz CT molecular complexity index is 347. The minimum Gasteiger partial charge on any atom is -0.303 e. The fourth-order valence-electron chi connectivity index (χ4n) is 5.35. The molecule has 0 aliphatic rings. The normalized spacial score (nSPS) is 12.0. The Morgan fingerprint density at radius 3 is 0.886 bits per heavy atom. The van der Waals surface area contributed by atoms with Crippen molar-refractivity contribution in [2.45, 2.75) is 189 Å². The lowest BCUT2D eigenvalue weighted by Gasteiger charge is -2.22. The van der Waals surface area contributed by atoms with Crippen LogP contribution in [0.4, 0.5) is 0 Å². The summed E-state index contributed by atoms with van der Waals surface area (Å²) in [5.74, 6) is 1.78. The summed E-state index contributed by atoms with van der Waals surface area (Å²) in [5.41, 5.74) is 0. The summed E-state index contributed by atoms with van der Waals surface area (Å²) in [5, 5.41) is 0. The van der Waals surface area contributed by atoms with E-state index < -0.39 is 0 Å². The minimum absolute atomic E-state index is 0.888. The molecule has 0 atom stereocenters. The summed E-state index contributed by atoms with van der Waals surface area (Å²) < 4.78 is 0. The van der Waals surface area contributed by atoms with E-state index in [0.717, 1.165) is 11.8 Å². The zero-order chi connectivity index (χ0) is 25.8. The van der Waals surface area contributed by atoms with E-state index in [-0.39, 0.29) is 0 Å². The van der Waals surface area contributed by atoms with Gasteiger partial charge in [0, 0.05) is 0 Å². The van der Waals surface area contributed by atoms with Crippen molar-refractivity contribution >= 4 is 0 Å². The van der Waals surface area contributed by atoms with Crippen molar-refractivity contribution < 1.29 is 0 Å². The van der Waals surface area contributed by atoms with Crippen molar-refractivity contribution in [1.82, 2.24) is 4.90 Å². The molecule has 0 amide bonds. The van der Waals surface area contributed by atoms with Crippen molar-refractivity contribution in [3.05, 3.63) is 0 Å². The fraction of sp³-hybridized carbons (Fsp3) is 1.00. The average molecular weight is 494 g/mol. The summed E-state index contributed by atoms with van der Waals surface area (Å²) in [4.78, 5) is 2.83. The summed E-state index contributed by atoms with van der Waals surface area (Å²) >= 11 is 0. The van der Waals surface area contributed by atoms with Crippen molar-refractivity contribution in [3.8, 4) is 0 Å². The average Bonchev–Trinajstić information content (AvgIpc) is 2.82. The number of rotatable bonds is 29. The third kappa shape index (κ3) is 30.1. The van der Waals surface area contributed by atoms with E-state index in [0.29, 0.717) is 0 Å². The first-order valence-electron chi connectivity index (χ1n) is 16.8. The van der Waals surface area contributed by atoms with Gasteiger partial charge in [-0.25, -0.2) is 0 Å². The van der Waals surface area contributed by atoms with Gasteiger partial charge in [-0.2, -0.15) is 0 Å². The second-order valence-corrected chi connectivity index (χ2v) is 12.6. The molecule has 212 valence electrons. The molecule has 0 rings (SSSR count). The molecule has 0 unspecified atom stereocenters. The summed E-state index contributed by atoms with van der Waals surface area (Å²) in [6.07, 6.45) is 34.7. The monoisotopic (exact) mass is 494 g/mol. The Morgan fingerprint density at radius 2 is 0.600 bits per heavy atom. The maximum absolute atomic E-state index is 2.83. The van der Waals surface area contributed by atoms with Crippen molar-refractivity contribution in [2.24, 2.45) is 11.8 Å². The third-order valence-corrected chi connectivity index (χ3v) is 7.84. The second-order valence-electron chi connectivity index (χ2n) is 12.6. The maximum Gasteiger partial charge on any atom is -0.00187 e. The Balaban J connectivity index is 3.81. The predicted molar refractivity (Wildman–Crippen MR) is 163 cm³/mol. The van der Waals surface area contributed by atoms with Gasteiger partial charge in [0.2, 0.25) is 0 Å². The van der Waals surface area contributed by atoms with Crippen LogP contribution in [0.2, 0.25) is 0 Å². The Hall–Kier alpha value is -0.0400. The highest BCUT2D eigenvalue weighted by molar-refractivity contribution is 4.61. The molecule has 0 aromatic carbocycles. The molecule has 0 aromatic heterocycles. The number of hydrogen-bond donors (Lipinski definition) is 0.